The number of hydrogen-bond acceptors (Lipinski definition) is 4. The summed E-state index contributed by atoms with van der Waals surface area (Å²) in [6.07, 6.45) is 0.443. The van der Waals surface area contributed by atoms with Crippen LogP contribution in [0.15, 0.2) is 48.5 Å². The van der Waals surface area contributed by atoms with E-state index in [1.165, 1.54) is 17.0 Å². The number of carbonyl (C=O) groups excluding carboxylic acids is 2. The van der Waals surface area contributed by atoms with Gasteiger partial charge in [0.25, 0.3) is 5.91 Å². The first-order valence-electron chi connectivity index (χ1n) is 8.38. The van der Waals surface area contributed by atoms with Gasteiger partial charge in [0.2, 0.25) is 0 Å². The molecule has 1 amide bonds. The van der Waals surface area contributed by atoms with Gasteiger partial charge in [-0.15, -0.1) is 0 Å². The van der Waals surface area contributed by atoms with E-state index in [4.69, 9.17) is 9.47 Å². The van der Waals surface area contributed by atoms with Crippen molar-refractivity contribution in [3.05, 3.63) is 59.9 Å². The van der Waals surface area contributed by atoms with E-state index in [9.17, 15) is 14.0 Å². The SMILES string of the molecule is CCC(=O)c1ccc(OCC(=O)N(C)CCOc2ccccc2F)cc1. The minimum atomic E-state index is -0.435. The fraction of sp³-hybridized carbons (Fsp3) is 0.300. The summed E-state index contributed by atoms with van der Waals surface area (Å²) in [6.45, 7) is 2.16. The quantitative estimate of drug-likeness (QED) is 0.645. The zero-order valence-corrected chi connectivity index (χ0v) is 14.9. The Morgan fingerprint density at radius 2 is 1.73 bits per heavy atom. The number of ketones is 1. The third kappa shape index (κ3) is 5.58. The van der Waals surface area contributed by atoms with E-state index in [-0.39, 0.29) is 30.7 Å². The number of likely N-dealkylation sites (N-methyl/N-ethyl adjacent to an activating group) is 1. The van der Waals surface area contributed by atoms with Crippen LogP contribution in [0.5, 0.6) is 11.5 Å². The molecule has 0 atom stereocenters. The lowest BCUT2D eigenvalue weighted by atomic mass is 10.1. The third-order valence-electron chi connectivity index (χ3n) is 3.81. The van der Waals surface area contributed by atoms with Crippen LogP contribution in [0, 0.1) is 5.82 Å². The Balaban J connectivity index is 1.75. The van der Waals surface area contributed by atoms with Gasteiger partial charge < -0.3 is 14.4 Å². The van der Waals surface area contributed by atoms with Crippen molar-refractivity contribution in [3.8, 4) is 11.5 Å². The Morgan fingerprint density at radius 3 is 2.38 bits per heavy atom. The van der Waals surface area contributed by atoms with Crippen molar-refractivity contribution in [2.45, 2.75) is 13.3 Å². The Hall–Kier alpha value is -2.89. The Morgan fingerprint density at radius 1 is 1.04 bits per heavy atom. The van der Waals surface area contributed by atoms with Gasteiger partial charge >= 0.3 is 0 Å². The lowest BCUT2D eigenvalue weighted by Gasteiger charge is -2.18. The van der Waals surface area contributed by atoms with Gasteiger partial charge in [-0.25, -0.2) is 4.39 Å². The highest BCUT2D eigenvalue weighted by atomic mass is 19.1. The number of Topliss-reactive ketones (excluding diaryl/α,β-unsaturated/α-hetero) is 1. The standard InChI is InChI=1S/C20H22FNO4/c1-3-18(23)15-8-10-16(11-9-15)26-14-20(24)22(2)12-13-25-19-7-5-4-6-17(19)21/h4-11H,3,12-14H2,1-2H3. The highest BCUT2D eigenvalue weighted by molar-refractivity contribution is 5.95. The molecule has 6 heteroatoms. The molecule has 0 aliphatic rings. The number of rotatable bonds is 9. The van der Waals surface area contributed by atoms with Crippen LogP contribution < -0.4 is 9.47 Å². The second-order valence-electron chi connectivity index (χ2n) is 5.68. The number of amides is 1. The fourth-order valence-electron chi connectivity index (χ4n) is 2.18. The lowest BCUT2D eigenvalue weighted by molar-refractivity contribution is -0.132. The topological polar surface area (TPSA) is 55.8 Å². The van der Waals surface area contributed by atoms with Crippen LogP contribution in [0.25, 0.3) is 0 Å². The van der Waals surface area contributed by atoms with Gasteiger partial charge in [-0.1, -0.05) is 19.1 Å². The number of para-hydroxylation sites is 1. The van der Waals surface area contributed by atoms with Crippen LogP contribution >= 0.6 is 0 Å². The molecule has 0 fully saturated rings. The highest BCUT2D eigenvalue weighted by Crippen LogP contribution is 2.15. The molecule has 0 aromatic heterocycles. The van der Waals surface area contributed by atoms with Gasteiger partial charge in [-0.2, -0.15) is 0 Å². The van der Waals surface area contributed by atoms with E-state index in [1.807, 2.05) is 0 Å². The van der Waals surface area contributed by atoms with Crippen LogP contribution in [-0.2, 0) is 4.79 Å². The first-order valence-corrected chi connectivity index (χ1v) is 8.38. The van der Waals surface area contributed by atoms with E-state index in [0.717, 1.165) is 0 Å². The fourth-order valence-corrected chi connectivity index (χ4v) is 2.18. The van der Waals surface area contributed by atoms with Gasteiger partial charge in [-0.05, 0) is 36.4 Å². The first-order chi connectivity index (χ1) is 12.5. The second kappa shape index (κ2) is 9.56. The van der Waals surface area contributed by atoms with Gasteiger partial charge in [0, 0.05) is 19.0 Å². The maximum Gasteiger partial charge on any atom is 0.260 e. The molecule has 0 aliphatic carbocycles. The van der Waals surface area contributed by atoms with E-state index in [2.05, 4.69) is 0 Å². The summed E-state index contributed by atoms with van der Waals surface area (Å²) in [7, 11) is 1.62. The zero-order chi connectivity index (χ0) is 18.9. The van der Waals surface area contributed by atoms with E-state index < -0.39 is 5.82 Å². The molecule has 0 bridgehead atoms. The minimum Gasteiger partial charge on any atom is -0.489 e. The molecule has 0 aliphatic heterocycles. The van der Waals surface area contributed by atoms with Crippen molar-refractivity contribution >= 4 is 11.7 Å². The Bertz CT molecular complexity index is 746. The van der Waals surface area contributed by atoms with E-state index >= 15 is 0 Å². The average Bonchev–Trinajstić information content (AvgIpc) is 2.67. The predicted molar refractivity (Wildman–Crippen MR) is 96.1 cm³/mol. The molecule has 2 aromatic rings. The summed E-state index contributed by atoms with van der Waals surface area (Å²) in [5.74, 6) is 0.0706. The summed E-state index contributed by atoms with van der Waals surface area (Å²) < 4.78 is 24.2. The van der Waals surface area contributed by atoms with Crippen LogP contribution in [0.3, 0.4) is 0 Å². The normalized spacial score (nSPS) is 10.3. The molecule has 0 heterocycles. The molecule has 26 heavy (non-hydrogen) atoms. The average molecular weight is 359 g/mol. The molecule has 0 radical (unpaired) electrons. The van der Waals surface area contributed by atoms with E-state index in [1.54, 1.807) is 50.4 Å². The monoisotopic (exact) mass is 359 g/mol. The number of ether oxygens (including phenoxy) is 2. The van der Waals surface area contributed by atoms with Crippen LogP contribution in [0.2, 0.25) is 0 Å². The highest BCUT2D eigenvalue weighted by Gasteiger charge is 2.11. The van der Waals surface area contributed by atoms with Gasteiger partial charge in [0.15, 0.2) is 24.0 Å². The van der Waals surface area contributed by atoms with E-state index in [0.29, 0.717) is 24.3 Å². The number of benzene rings is 2. The first kappa shape index (κ1) is 19.4. The van der Waals surface area contributed by atoms with Crippen molar-refractivity contribution in [1.82, 2.24) is 4.90 Å². The summed E-state index contributed by atoms with van der Waals surface area (Å²) in [5.41, 5.74) is 0.619. The maximum absolute atomic E-state index is 13.4. The molecule has 0 spiro atoms. The molecular weight excluding hydrogens is 337 g/mol. The summed E-state index contributed by atoms with van der Waals surface area (Å²) in [5, 5.41) is 0. The Labute approximate surface area is 152 Å². The number of carbonyl (C=O) groups is 2. The van der Waals surface area contributed by atoms with Crippen LogP contribution in [0.4, 0.5) is 4.39 Å². The largest absolute Gasteiger partial charge is 0.489 e. The predicted octanol–water partition coefficient (Wildman–Crippen LogP) is 3.33. The number of nitrogens with zero attached hydrogens (tertiary/aromatic N) is 1. The summed E-state index contributed by atoms with van der Waals surface area (Å²) in [6, 6.07) is 12.8. The van der Waals surface area contributed by atoms with Crippen molar-refractivity contribution in [3.63, 3.8) is 0 Å². The molecule has 5 nitrogen and oxygen atoms in total. The zero-order valence-electron chi connectivity index (χ0n) is 14.9. The minimum absolute atomic E-state index is 0.0576. The molecule has 138 valence electrons. The van der Waals surface area contributed by atoms with Crippen LogP contribution in [0.1, 0.15) is 23.7 Å². The molecule has 2 aromatic carbocycles. The Kier molecular flexibility index (Phi) is 7.14. The van der Waals surface area contributed by atoms with Gasteiger partial charge in [0.05, 0.1) is 6.54 Å². The number of halogens is 1. The molecule has 0 saturated carbocycles. The maximum atomic E-state index is 13.4. The summed E-state index contributed by atoms with van der Waals surface area (Å²) in [4.78, 5) is 25.1. The van der Waals surface area contributed by atoms with Crippen molar-refractivity contribution < 1.29 is 23.5 Å². The van der Waals surface area contributed by atoms with Crippen molar-refractivity contribution in [2.24, 2.45) is 0 Å². The van der Waals surface area contributed by atoms with Crippen molar-refractivity contribution in [1.29, 1.82) is 0 Å². The van der Waals surface area contributed by atoms with Gasteiger partial charge in [-0.3, -0.25) is 9.59 Å². The third-order valence-corrected chi connectivity index (χ3v) is 3.81. The second-order valence-corrected chi connectivity index (χ2v) is 5.68. The molecule has 0 unspecified atom stereocenters. The molecule has 2 rings (SSSR count). The van der Waals surface area contributed by atoms with Crippen LogP contribution in [-0.4, -0.2) is 43.4 Å². The lowest BCUT2D eigenvalue weighted by Crippen LogP contribution is -2.34. The molecule has 0 N–H and O–H groups in total. The summed E-state index contributed by atoms with van der Waals surface area (Å²) >= 11 is 0. The van der Waals surface area contributed by atoms with Gasteiger partial charge in [0.1, 0.15) is 12.4 Å². The number of hydrogen-bond donors (Lipinski definition) is 0. The smallest absolute Gasteiger partial charge is 0.260 e. The molecule has 0 saturated heterocycles. The van der Waals surface area contributed by atoms with Crippen molar-refractivity contribution in [2.75, 3.05) is 26.8 Å². The molecular formula is C20H22FNO4.